The van der Waals surface area contributed by atoms with Crippen LogP contribution in [0.15, 0.2) is 6.20 Å². The van der Waals surface area contributed by atoms with Gasteiger partial charge in [0.15, 0.2) is 0 Å². The zero-order valence-electron chi connectivity index (χ0n) is 15.3. The molecule has 2 heterocycles. The highest BCUT2D eigenvalue weighted by Gasteiger charge is 2.35. The number of hydrogen-bond donors (Lipinski definition) is 0. The topological polar surface area (TPSA) is 47.4 Å². The van der Waals surface area contributed by atoms with Crippen LogP contribution in [0.25, 0.3) is 0 Å². The van der Waals surface area contributed by atoms with E-state index in [0.29, 0.717) is 12.0 Å². The summed E-state index contributed by atoms with van der Waals surface area (Å²) < 4.78 is 7.98. The van der Waals surface area contributed by atoms with Gasteiger partial charge in [-0.2, -0.15) is 5.10 Å². The molecule has 1 aromatic heterocycles. The van der Waals surface area contributed by atoms with Crippen LogP contribution < -0.4 is 0 Å². The molecule has 3 rings (SSSR count). The molecule has 0 bridgehead atoms. The molecule has 0 aromatic carbocycles. The zero-order valence-corrected chi connectivity index (χ0v) is 15.3. The van der Waals surface area contributed by atoms with E-state index in [9.17, 15) is 4.79 Å². The number of carbonyl (C=O) groups excluding carboxylic acids is 1. The van der Waals surface area contributed by atoms with E-state index in [0.717, 1.165) is 50.9 Å². The van der Waals surface area contributed by atoms with Gasteiger partial charge in [-0.15, -0.1) is 0 Å². The molecule has 2 aliphatic rings. The van der Waals surface area contributed by atoms with Crippen molar-refractivity contribution in [2.75, 3.05) is 19.7 Å². The van der Waals surface area contributed by atoms with Gasteiger partial charge >= 0.3 is 0 Å². The van der Waals surface area contributed by atoms with E-state index >= 15 is 0 Å². The minimum Gasteiger partial charge on any atom is -0.376 e. The summed E-state index contributed by atoms with van der Waals surface area (Å²) >= 11 is 0. The third kappa shape index (κ3) is 3.66. The number of aromatic nitrogens is 2. The molecular weight excluding hydrogens is 302 g/mol. The minimum atomic E-state index is 0.149. The van der Waals surface area contributed by atoms with Gasteiger partial charge in [-0.3, -0.25) is 9.48 Å². The zero-order chi connectivity index (χ0) is 17.1. The van der Waals surface area contributed by atoms with Crippen molar-refractivity contribution < 1.29 is 9.53 Å². The molecule has 134 valence electrons. The largest absolute Gasteiger partial charge is 0.376 e. The monoisotopic (exact) mass is 333 g/mol. The van der Waals surface area contributed by atoms with Gasteiger partial charge in [0.1, 0.15) is 0 Å². The Morgan fingerprint density at radius 2 is 2.17 bits per heavy atom. The fraction of sp³-hybridized carbons (Fsp3) is 0.789. The normalized spacial score (nSPS) is 22.6. The molecule has 1 aliphatic carbocycles. The van der Waals surface area contributed by atoms with Gasteiger partial charge in [0.25, 0.3) is 5.91 Å². The Labute approximate surface area is 145 Å². The summed E-state index contributed by atoms with van der Waals surface area (Å²) in [6.45, 7) is 8.82. The first kappa shape index (κ1) is 17.5. The van der Waals surface area contributed by atoms with Crippen molar-refractivity contribution >= 4 is 5.91 Å². The first-order valence-corrected chi connectivity index (χ1v) is 9.63. The molecule has 0 N–H and O–H groups in total. The Kier molecular flexibility index (Phi) is 5.59. The van der Waals surface area contributed by atoms with Gasteiger partial charge in [0.05, 0.1) is 23.6 Å². The van der Waals surface area contributed by atoms with E-state index in [1.54, 1.807) is 6.20 Å². The van der Waals surface area contributed by atoms with Gasteiger partial charge in [0, 0.05) is 31.7 Å². The van der Waals surface area contributed by atoms with Crippen LogP contribution in [0.4, 0.5) is 0 Å². The molecule has 0 radical (unpaired) electrons. The summed E-state index contributed by atoms with van der Waals surface area (Å²) in [5.74, 6) is 0.675. The third-order valence-corrected chi connectivity index (χ3v) is 5.26. The van der Waals surface area contributed by atoms with Crippen LogP contribution in [0.2, 0.25) is 0 Å². The molecule has 1 aromatic rings. The lowest BCUT2D eigenvalue weighted by molar-refractivity contribution is 0.00206. The van der Waals surface area contributed by atoms with Crippen LogP contribution in [0.1, 0.15) is 87.3 Å². The average molecular weight is 333 g/mol. The van der Waals surface area contributed by atoms with Crippen molar-refractivity contribution in [1.82, 2.24) is 14.7 Å². The summed E-state index contributed by atoms with van der Waals surface area (Å²) in [6.07, 6.45) is 8.51. The van der Waals surface area contributed by atoms with Crippen LogP contribution in [-0.2, 0) is 4.74 Å². The molecule has 1 saturated carbocycles. The molecule has 0 unspecified atom stereocenters. The Hall–Kier alpha value is -1.36. The fourth-order valence-electron chi connectivity index (χ4n) is 3.54. The molecule has 2 fully saturated rings. The number of piperidine rings is 1. The van der Waals surface area contributed by atoms with Gasteiger partial charge in [-0.25, -0.2) is 0 Å². The Balaban J connectivity index is 1.76. The van der Waals surface area contributed by atoms with E-state index in [-0.39, 0.29) is 12.0 Å². The maximum absolute atomic E-state index is 13.1. The predicted molar refractivity (Wildman–Crippen MR) is 94.4 cm³/mol. The predicted octanol–water partition coefficient (Wildman–Crippen LogP) is 3.76. The molecule has 5 heteroatoms. The standard InChI is InChI=1S/C19H31N3O2/c1-4-11-24-16-7-6-10-21(13-16)19(23)17-12-20-22(14(3)5-2)18(17)15-8-9-15/h12,14-16H,4-11,13H2,1-3H3/t14-,16+/m1/s1. The first-order chi connectivity index (χ1) is 11.7. The molecule has 1 amide bonds. The Morgan fingerprint density at radius 1 is 1.38 bits per heavy atom. The van der Waals surface area contributed by atoms with Crippen molar-refractivity contribution in [2.45, 2.75) is 77.4 Å². The number of ether oxygens (including phenoxy) is 1. The fourth-order valence-corrected chi connectivity index (χ4v) is 3.54. The van der Waals surface area contributed by atoms with E-state index < -0.39 is 0 Å². The van der Waals surface area contributed by atoms with Gasteiger partial charge < -0.3 is 9.64 Å². The quantitative estimate of drug-likeness (QED) is 0.763. The highest BCUT2D eigenvalue weighted by atomic mass is 16.5. The van der Waals surface area contributed by atoms with Crippen LogP contribution in [0, 0.1) is 0 Å². The van der Waals surface area contributed by atoms with E-state index in [1.165, 1.54) is 18.5 Å². The van der Waals surface area contributed by atoms with Crippen molar-refractivity contribution in [1.29, 1.82) is 0 Å². The Bertz CT molecular complexity index is 565. The number of carbonyl (C=O) groups is 1. The van der Waals surface area contributed by atoms with E-state index in [4.69, 9.17) is 4.74 Å². The average Bonchev–Trinajstić information content (AvgIpc) is 3.37. The molecular formula is C19H31N3O2. The highest BCUT2D eigenvalue weighted by Crippen LogP contribution is 2.43. The summed E-state index contributed by atoms with van der Waals surface area (Å²) in [4.78, 5) is 15.1. The number of hydrogen-bond acceptors (Lipinski definition) is 3. The number of rotatable bonds is 7. The van der Waals surface area contributed by atoms with Crippen molar-refractivity contribution in [3.63, 3.8) is 0 Å². The molecule has 24 heavy (non-hydrogen) atoms. The SMILES string of the molecule is CCCO[C@H]1CCCN(C(=O)c2cnn([C@H](C)CC)c2C2CC2)C1. The van der Waals surface area contributed by atoms with Crippen LogP contribution in [0.3, 0.4) is 0 Å². The smallest absolute Gasteiger partial charge is 0.257 e. The second-order valence-electron chi connectivity index (χ2n) is 7.31. The lowest BCUT2D eigenvalue weighted by Crippen LogP contribution is -2.43. The molecule has 1 aliphatic heterocycles. The van der Waals surface area contributed by atoms with Crippen LogP contribution in [0.5, 0.6) is 0 Å². The lowest BCUT2D eigenvalue weighted by Gasteiger charge is -2.32. The number of nitrogens with zero attached hydrogens (tertiary/aromatic N) is 3. The molecule has 2 atom stereocenters. The maximum Gasteiger partial charge on any atom is 0.257 e. The van der Waals surface area contributed by atoms with Crippen molar-refractivity contribution in [3.05, 3.63) is 17.5 Å². The highest BCUT2D eigenvalue weighted by molar-refractivity contribution is 5.95. The maximum atomic E-state index is 13.1. The minimum absolute atomic E-state index is 0.149. The van der Waals surface area contributed by atoms with Gasteiger partial charge in [0.2, 0.25) is 0 Å². The van der Waals surface area contributed by atoms with Crippen molar-refractivity contribution in [2.24, 2.45) is 0 Å². The molecule has 1 saturated heterocycles. The van der Waals surface area contributed by atoms with Gasteiger partial charge in [-0.1, -0.05) is 13.8 Å². The number of likely N-dealkylation sites (tertiary alicyclic amines) is 1. The lowest BCUT2D eigenvalue weighted by atomic mass is 10.1. The van der Waals surface area contributed by atoms with Crippen LogP contribution in [-0.4, -0.2) is 46.4 Å². The second kappa shape index (κ2) is 7.68. The van der Waals surface area contributed by atoms with Gasteiger partial charge in [-0.05, 0) is 45.4 Å². The summed E-state index contributed by atoms with van der Waals surface area (Å²) in [7, 11) is 0. The summed E-state index contributed by atoms with van der Waals surface area (Å²) in [6, 6.07) is 0.351. The molecule has 0 spiro atoms. The number of amides is 1. The first-order valence-electron chi connectivity index (χ1n) is 9.63. The van der Waals surface area contributed by atoms with Crippen LogP contribution >= 0.6 is 0 Å². The van der Waals surface area contributed by atoms with Crippen molar-refractivity contribution in [3.8, 4) is 0 Å². The Morgan fingerprint density at radius 3 is 2.83 bits per heavy atom. The third-order valence-electron chi connectivity index (χ3n) is 5.26. The molecule has 5 nitrogen and oxygen atoms in total. The summed E-state index contributed by atoms with van der Waals surface area (Å²) in [5.41, 5.74) is 2.00. The van der Waals surface area contributed by atoms with E-state index in [1.807, 2.05) is 4.90 Å². The summed E-state index contributed by atoms with van der Waals surface area (Å²) in [5, 5.41) is 4.57. The second-order valence-corrected chi connectivity index (χ2v) is 7.31. The van der Waals surface area contributed by atoms with E-state index in [2.05, 4.69) is 30.6 Å².